The van der Waals surface area contributed by atoms with Gasteiger partial charge in [-0.2, -0.15) is 0 Å². The van der Waals surface area contributed by atoms with Gasteiger partial charge in [-0.05, 0) is 24.5 Å². The second-order valence-electron chi connectivity index (χ2n) is 3.45. The van der Waals surface area contributed by atoms with Gasteiger partial charge in [0.05, 0.1) is 5.75 Å². The van der Waals surface area contributed by atoms with Crippen LogP contribution in [0, 0.1) is 0 Å². The molecule has 0 fully saturated rings. The van der Waals surface area contributed by atoms with Crippen molar-refractivity contribution in [2.24, 2.45) is 0 Å². The SMILES string of the molecule is CSc1nnc(SCC(=O)c2ccc(O)c(O)c2)s1. The Labute approximate surface area is 122 Å². The first-order chi connectivity index (χ1) is 9.10. The molecule has 2 N–H and O–H groups in total. The quantitative estimate of drug-likeness (QED) is 0.498. The molecule has 2 aromatic rings. The van der Waals surface area contributed by atoms with Gasteiger partial charge in [0.1, 0.15) is 0 Å². The van der Waals surface area contributed by atoms with Gasteiger partial charge in [-0.25, -0.2) is 0 Å². The Morgan fingerprint density at radius 1 is 1.26 bits per heavy atom. The van der Waals surface area contributed by atoms with Crippen LogP contribution in [0.2, 0.25) is 0 Å². The van der Waals surface area contributed by atoms with Crippen LogP contribution in [0.4, 0.5) is 0 Å². The molecule has 0 atom stereocenters. The lowest BCUT2D eigenvalue weighted by molar-refractivity contribution is 0.102. The van der Waals surface area contributed by atoms with Crippen LogP contribution in [0.15, 0.2) is 26.9 Å². The molecule has 0 aliphatic rings. The molecule has 100 valence electrons. The second kappa shape index (κ2) is 6.27. The number of ketones is 1. The van der Waals surface area contributed by atoms with Gasteiger partial charge >= 0.3 is 0 Å². The summed E-state index contributed by atoms with van der Waals surface area (Å²) in [6, 6.07) is 4.03. The number of nitrogens with zero attached hydrogens (tertiary/aromatic N) is 2. The molecule has 0 aliphatic carbocycles. The van der Waals surface area contributed by atoms with Gasteiger partial charge in [-0.1, -0.05) is 34.9 Å². The lowest BCUT2D eigenvalue weighted by Gasteiger charge is -2.01. The molecule has 0 amide bonds. The van der Waals surface area contributed by atoms with Crippen molar-refractivity contribution in [3.05, 3.63) is 23.8 Å². The summed E-state index contributed by atoms with van der Waals surface area (Å²) in [4.78, 5) is 11.9. The first-order valence-corrected chi connectivity index (χ1v) is 8.18. The number of thioether (sulfide) groups is 2. The van der Waals surface area contributed by atoms with E-state index in [1.165, 1.54) is 53.1 Å². The topological polar surface area (TPSA) is 83.3 Å². The third kappa shape index (κ3) is 3.62. The molecule has 2 rings (SSSR count). The Kier molecular flexibility index (Phi) is 4.67. The number of hydrogen-bond acceptors (Lipinski definition) is 8. The van der Waals surface area contributed by atoms with Crippen LogP contribution in [0.5, 0.6) is 11.5 Å². The molecule has 0 aliphatic heterocycles. The number of aromatic nitrogens is 2. The number of phenols is 2. The summed E-state index contributed by atoms with van der Waals surface area (Å²) in [7, 11) is 0. The molecule has 8 heteroatoms. The Hall–Kier alpha value is -1.25. The van der Waals surface area contributed by atoms with Crippen LogP contribution in [-0.4, -0.2) is 38.2 Å². The van der Waals surface area contributed by atoms with E-state index >= 15 is 0 Å². The second-order valence-corrected chi connectivity index (χ2v) is 6.71. The number of hydrogen-bond donors (Lipinski definition) is 2. The summed E-state index contributed by atoms with van der Waals surface area (Å²) in [5.74, 6) is -0.455. The number of aromatic hydroxyl groups is 2. The van der Waals surface area contributed by atoms with E-state index < -0.39 is 0 Å². The summed E-state index contributed by atoms with van der Waals surface area (Å²) in [5, 5.41) is 26.4. The highest BCUT2D eigenvalue weighted by Crippen LogP contribution is 2.29. The van der Waals surface area contributed by atoms with E-state index in [1.807, 2.05) is 6.26 Å². The molecular weight excluding hydrogens is 304 g/mol. The van der Waals surface area contributed by atoms with Crippen LogP contribution in [0.3, 0.4) is 0 Å². The highest BCUT2D eigenvalue weighted by atomic mass is 32.2. The maximum Gasteiger partial charge on any atom is 0.175 e. The molecule has 0 unspecified atom stereocenters. The van der Waals surface area contributed by atoms with E-state index in [4.69, 9.17) is 0 Å². The normalized spacial score (nSPS) is 10.6. The molecule has 0 bridgehead atoms. The van der Waals surface area contributed by atoms with Gasteiger partial charge in [-0.3, -0.25) is 4.79 Å². The summed E-state index contributed by atoms with van der Waals surface area (Å²) >= 11 is 4.25. The van der Waals surface area contributed by atoms with Gasteiger partial charge in [0.25, 0.3) is 0 Å². The Morgan fingerprint density at radius 3 is 2.63 bits per heavy atom. The predicted octanol–water partition coefficient (Wildman–Crippen LogP) is 2.65. The number of rotatable bonds is 5. The van der Waals surface area contributed by atoms with Crippen LogP contribution < -0.4 is 0 Å². The highest BCUT2D eigenvalue weighted by molar-refractivity contribution is 8.03. The van der Waals surface area contributed by atoms with E-state index in [2.05, 4.69) is 10.2 Å². The molecule has 0 saturated heterocycles. The minimum atomic E-state index is -0.295. The number of carbonyl (C=O) groups is 1. The fourth-order valence-corrected chi connectivity index (χ4v) is 3.58. The predicted molar refractivity (Wildman–Crippen MR) is 76.5 cm³/mol. The van der Waals surface area contributed by atoms with Crippen molar-refractivity contribution >= 4 is 40.6 Å². The van der Waals surface area contributed by atoms with Crippen molar-refractivity contribution in [1.82, 2.24) is 10.2 Å². The Bertz CT molecular complexity index is 601. The van der Waals surface area contributed by atoms with Gasteiger partial charge < -0.3 is 10.2 Å². The number of benzene rings is 1. The average molecular weight is 314 g/mol. The van der Waals surface area contributed by atoms with Gasteiger partial charge in [0, 0.05) is 5.56 Å². The van der Waals surface area contributed by atoms with Crippen molar-refractivity contribution in [1.29, 1.82) is 0 Å². The van der Waals surface area contributed by atoms with Crippen molar-refractivity contribution < 1.29 is 15.0 Å². The maximum atomic E-state index is 11.9. The molecule has 0 radical (unpaired) electrons. The summed E-state index contributed by atoms with van der Waals surface area (Å²) in [5.41, 5.74) is 0.359. The minimum Gasteiger partial charge on any atom is -0.504 e. The summed E-state index contributed by atoms with van der Waals surface area (Å²) < 4.78 is 1.60. The molecule has 5 nitrogen and oxygen atoms in total. The van der Waals surface area contributed by atoms with Crippen molar-refractivity contribution in [2.45, 2.75) is 8.68 Å². The summed E-state index contributed by atoms with van der Waals surface area (Å²) in [6.45, 7) is 0. The van der Waals surface area contributed by atoms with E-state index in [0.717, 1.165) is 8.68 Å². The van der Waals surface area contributed by atoms with Gasteiger partial charge in [-0.15, -0.1) is 10.2 Å². The molecular formula is C11H10N2O3S3. The van der Waals surface area contributed by atoms with E-state index in [-0.39, 0.29) is 23.0 Å². The molecule has 0 spiro atoms. The monoisotopic (exact) mass is 314 g/mol. The van der Waals surface area contributed by atoms with Crippen LogP contribution in [0.25, 0.3) is 0 Å². The fraction of sp³-hybridized carbons (Fsp3) is 0.182. The van der Waals surface area contributed by atoms with Gasteiger partial charge in [0.2, 0.25) is 0 Å². The third-order valence-electron chi connectivity index (χ3n) is 2.19. The van der Waals surface area contributed by atoms with Crippen molar-refractivity contribution in [3.8, 4) is 11.5 Å². The molecule has 1 aromatic carbocycles. The van der Waals surface area contributed by atoms with Crippen LogP contribution in [-0.2, 0) is 0 Å². The first kappa shape index (κ1) is 14.2. The lowest BCUT2D eigenvalue weighted by Crippen LogP contribution is -2.01. The van der Waals surface area contributed by atoms with Crippen molar-refractivity contribution in [2.75, 3.05) is 12.0 Å². The Balaban J connectivity index is 1.99. The zero-order valence-corrected chi connectivity index (χ0v) is 12.3. The van der Waals surface area contributed by atoms with E-state index in [1.54, 1.807) is 0 Å². The molecule has 19 heavy (non-hydrogen) atoms. The van der Waals surface area contributed by atoms with E-state index in [0.29, 0.717) is 5.56 Å². The number of Topliss-reactive ketones (excluding diaryl/α,β-unsaturated/α-hetero) is 1. The number of carbonyl (C=O) groups excluding carboxylic acids is 1. The van der Waals surface area contributed by atoms with E-state index in [9.17, 15) is 15.0 Å². The lowest BCUT2D eigenvalue weighted by atomic mass is 10.1. The zero-order chi connectivity index (χ0) is 13.8. The minimum absolute atomic E-state index is 0.138. The van der Waals surface area contributed by atoms with Crippen LogP contribution >= 0.6 is 34.9 Å². The largest absolute Gasteiger partial charge is 0.504 e. The third-order valence-corrected chi connectivity index (χ3v) is 5.22. The first-order valence-electron chi connectivity index (χ1n) is 5.15. The molecule has 1 aromatic heterocycles. The maximum absolute atomic E-state index is 11.9. The average Bonchev–Trinajstić information content (AvgIpc) is 2.87. The fourth-order valence-electron chi connectivity index (χ4n) is 1.25. The standard InChI is InChI=1S/C11H10N2O3S3/c1-17-10-12-13-11(19-10)18-5-9(16)6-2-3-7(14)8(15)4-6/h2-4,14-15H,5H2,1H3. The zero-order valence-electron chi connectivity index (χ0n) is 9.86. The highest BCUT2D eigenvalue weighted by Gasteiger charge is 2.11. The molecule has 0 saturated carbocycles. The number of phenolic OH excluding ortho intramolecular Hbond substituents is 2. The smallest absolute Gasteiger partial charge is 0.175 e. The summed E-state index contributed by atoms with van der Waals surface area (Å²) in [6.07, 6.45) is 1.92. The molecule has 1 heterocycles. The van der Waals surface area contributed by atoms with Gasteiger partial charge in [0.15, 0.2) is 26.0 Å². The Morgan fingerprint density at radius 2 is 2.00 bits per heavy atom. The van der Waals surface area contributed by atoms with Crippen molar-refractivity contribution in [3.63, 3.8) is 0 Å². The van der Waals surface area contributed by atoms with Crippen LogP contribution in [0.1, 0.15) is 10.4 Å².